The van der Waals surface area contributed by atoms with E-state index in [4.69, 9.17) is 5.11 Å². The number of hydrogen-bond acceptors (Lipinski definition) is 3. The molecule has 2 unspecified atom stereocenters. The normalized spacial score (nSPS) is 20.9. The molecule has 102 valence electrons. The molecule has 0 heterocycles. The second kappa shape index (κ2) is 6.10. The third kappa shape index (κ3) is 3.73. The average Bonchev–Trinajstić information content (AvgIpc) is 3.17. The monoisotopic (exact) mass is 279 g/mol. The van der Waals surface area contributed by atoms with Gasteiger partial charge in [-0.05, 0) is 23.8 Å². The fourth-order valence-electron chi connectivity index (χ4n) is 2.07. The summed E-state index contributed by atoms with van der Waals surface area (Å²) < 4.78 is 0. The number of carbonyl (C=O) groups excluding carboxylic acids is 1. The topological polar surface area (TPSA) is 66.4 Å². The Morgan fingerprint density at radius 2 is 2.11 bits per heavy atom. The fourth-order valence-corrected chi connectivity index (χ4v) is 2.59. The zero-order valence-corrected chi connectivity index (χ0v) is 11.6. The smallest absolute Gasteiger partial charge is 0.307 e. The lowest BCUT2D eigenvalue weighted by Crippen LogP contribution is -2.25. The third-order valence-electron chi connectivity index (χ3n) is 3.21. The molecular weight excluding hydrogens is 262 g/mol. The zero-order valence-electron chi connectivity index (χ0n) is 10.8. The van der Waals surface area contributed by atoms with Crippen molar-refractivity contribution in [1.82, 2.24) is 5.32 Å². The molecule has 4 nitrogen and oxygen atoms in total. The minimum Gasteiger partial charge on any atom is -0.481 e. The summed E-state index contributed by atoms with van der Waals surface area (Å²) >= 11 is 1.75. The standard InChI is InChI=1S/C14H17NO3S/c1-19-8-10-4-2-3-9(5-10)7-15-13(16)11-6-12(11)14(17)18/h2-5,11-12H,6-8H2,1H3,(H,15,16)(H,17,18). The predicted octanol–water partition coefficient (Wildman–Crippen LogP) is 1.89. The Hall–Kier alpha value is -1.49. The summed E-state index contributed by atoms with van der Waals surface area (Å²) in [5.74, 6) is -0.898. The molecule has 1 amide bonds. The van der Waals surface area contributed by atoms with Crippen LogP contribution in [0.1, 0.15) is 17.5 Å². The van der Waals surface area contributed by atoms with Gasteiger partial charge in [0.05, 0.1) is 11.8 Å². The second-order valence-electron chi connectivity index (χ2n) is 4.76. The molecule has 1 aliphatic rings. The van der Waals surface area contributed by atoms with Gasteiger partial charge < -0.3 is 10.4 Å². The minimum atomic E-state index is -0.873. The first-order valence-corrected chi connectivity index (χ1v) is 7.58. The van der Waals surface area contributed by atoms with Crippen LogP contribution >= 0.6 is 11.8 Å². The first-order valence-electron chi connectivity index (χ1n) is 6.19. The molecule has 1 aromatic rings. The van der Waals surface area contributed by atoms with Gasteiger partial charge in [0.15, 0.2) is 0 Å². The van der Waals surface area contributed by atoms with Crippen LogP contribution in [0.4, 0.5) is 0 Å². The van der Waals surface area contributed by atoms with E-state index < -0.39 is 11.9 Å². The van der Waals surface area contributed by atoms with Gasteiger partial charge in [-0.3, -0.25) is 9.59 Å². The molecule has 0 aromatic heterocycles. The molecule has 0 radical (unpaired) electrons. The van der Waals surface area contributed by atoms with E-state index in [9.17, 15) is 9.59 Å². The van der Waals surface area contributed by atoms with E-state index in [1.807, 2.05) is 18.4 Å². The van der Waals surface area contributed by atoms with Crippen LogP contribution in [0.5, 0.6) is 0 Å². The SMILES string of the molecule is CSCc1cccc(CNC(=O)C2CC2C(=O)O)c1. The van der Waals surface area contributed by atoms with E-state index in [0.29, 0.717) is 13.0 Å². The van der Waals surface area contributed by atoms with Gasteiger partial charge in [0.1, 0.15) is 0 Å². The minimum absolute atomic E-state index is 0.150. The Labute approximate surface area is 116 Å². The van der Waals surface area contributed by atoms with E-state index in [1.165, 1.54) is 5.56 Å². The maximum absolute atomic E-state index is 11.7. The number of amides is 1. The van der Waals surface area contributed by atoms with Crippen LogP contribution in [-0.4, -0.2) is 23.2 Å². The van der Waals surface area contributed by atoms with Crippen molar-refractivity contribution < 1.29 is 14.7 Å². The Balaban J connectivity index is 1.84. The van der Waals surface area contributed by atoms with Crippen molar-refractivity contribution in [3.63, 3.8) is 0 Å². The Morgan fingerprint density at radius 3 is 2.74 bits per heavy atom. The van der Waals surface area contributed by atoms with Gasteiger partial charge in [0.25, 0.3) is 0 Å². The Bertz CT molecular complexity index is 489. The van der Waals surface area contributed by atoms with Gasteiger partial charge in [-0.2, -0.15) is 11.8 Å². The van der Waals surface area contributed by atoms with Crippen LogP contribution in [0.25, 0.3) is 0 Å². The zero-order chi connectivity index (χ0) is 13.8. The fraction of sp³-hybridized carbons (Fsp3) is 0.429. The number of rotatable bonds is 6. The van der Waals surface area contributed by atoms with Gasteiger partial charge in [0.2, 0.25) is 5.91 Å². The first-order chi connectivity index (χ1) is 9.11. The maximum Gasteiger partial charge on any atom is 0.307 e. The van der Waals surface area contributed by atoms with Crippen molar-refractivity contribution in [2.45, 2.75) is 18.7 Å². The lowest BCUT2D eigenvalue weighted by atomic mass is 10.1. The number of thioether (sulfide) groups is 1. The van der Waals surface area contributed by atoms with Gasteiger partial charge in [0, 0.05) is 12.3 Å². The lowest BCUT2D eigenvalue weighted by molar-refractivity contribution is -0.140. The van der Waals surface area contributed by atoms with E-state index >= 15 is 0 Å². The molecular formula is C14H17NO3S. The number of hydrogen-bond donors (Lipinski definition) is 2. The van der Waals surface area contributed by atoms with Crippen LogP contribution in [0.2, 0.25) is 0 Å². The van der Waals surface area contributed by atoms with Crippen LogP contribution in [0.3, 0.4) is 0 Å². The van der Waals surface area contributed by atoms with Crippen molar-refractivity contribution in [3.05, 3.63) is 35.4 Å². The third-order valence-corrected chi connectivity index (χ3v) is 3.84. The molecule has 1 aliphatic carbocycles. The number of benzene rings is 1. The van der Waals surface area contributed by atoms with E-state index in [0.717, 1.165) is 11.3 Å². The molecule has 0 aliphatic heterocycles. The van der Waals surface area contributed by atoms with Crippen LogP contribution < -0.4 is 5.32 Å². The van der Waals surface area contributed by atoms with Crippen LogP contribution in [0, 0.1) is 11.8 Å². The molecule has 2 rings (SSSR count). The van der Waals surface area contributed by atoms with Crippen LogP contribution in [0.15, 0.2) is 24.3 Å². The van der Waals surface area contributed by atoms with Crippen molar-refractivity contribution in [1.29, 1.82) is 0 Å². The van der Waals surface area contributed by atoms with Crippen molar-refractivity contribution >= 4 is 23.6 Å². The largest absolute Gasteiger partial charge is 0.481 e. The van der Waals surface area contributed by atoms with Gasteiger partial charge in [-0.15, -0.1) is 0 Å². The van der Waals surface area contributed by atoms with Gasteiger partial charge in [-0.1, -0.05) is 24.3 Å². The highest BCUT2D eigenvalue weighted by molar-refractivity contribution is 7.97. The second-order valence-corrected chi connectivity index (χ2v) is 5.62. The average molecular weight is 279 g/mol. The Morgan fingerprint density at radius 1 is 1.37 bits per heavy atom. The lowest BCUT2D eigenvalue weighted by Gasteiger charge is -2.06. The van der Waals surface area contributed by atoms with Crippen molar-refractivity contribution in [2.24, 2.45) is 11.8 Å². The molecule has 1 fully saturated rings. The highest BCUT2D eigenvalue weighted by Crippen LogP contribution is 2.38. The number of aliphatic carboxylic acids is 1. The van der Waals surface area contributed by atoms with Crippen molar-refractivity contribution in [3.8, 4) is 0 Å². The number of carbonyl (C=O) groups is 2. The highest BCUT2D eigenvalue weighted by atomic mass is 32.2. The summed E-state index contributed by atoms with van der Waals surface area (Å²) in [7, 11) is 0. The number of carboxylic acids is 1. The van der Waals surface area contributed by atoms with Gasteiger partial charge >= 0.3 is 5.97 Å². The molecule has 1 saturated carbocycles. The molecule has 1 aromatic carbocycles. The van der Waals surface area contributed by atoms with E-state index in [2.05, 4.69) is 17.4 Å². The first kappa shape index (κ1) is 13.9. The number of carboxylic acid groups (broad SMARTS) is 1. The molecule has 5 heteroatoms. The molecule has 2 atom stereocenters. The van der Waals surface area contributed by atoms with E-state index in [1.54, 1.807) is 11.8 Å². The van der Waals surface area contributed by atoms with E-state index in [-0.39, 0.29) is 11.8 Å². The summed E-state index contributed by atoms with van der Waals surface area (Å²) in [6, 6.07) is 8.07. The van der Waals surface area contributed by atoms with Gasteiger partial charge in [-0.25, -0.2) is 0 Å². The molecule has 0 saturated heterocycles. The number of nitrogens with one attached hydrogen (secondary N) is 1. The molecule has 19 heavy (non-hydrogen) atoms. The van der Waals surface area contributed by atoms with Crippen LogP contribution in [-0.2, 0) is 21.9 Å². The molecule has 2 N–H and O–H groups in total. The molecule has 0 spiro atoms. The Kier molecular flexibility index (Phi) is 4.47. The maximum atomic E-state index is 11.7. The predicted molar refractivity (Wildman–Crippen MR) is 74.7 cm³/mol. The molecule has 0 bridgehead atoms. The summed E-state index contributed by atoms with van der Waals surface area (Å²) in [5.41, 5.74) is 2.28. The summed E-state index contributed by atoms with van der Waals surface area (Å²) in [4.78, 5) is 22.4. The summed E-state index contributed by atoms with van der Waals surface area (Å²) in [6.07, 6.45) is 2.52. The summed E-state index contributed by atoms with van der Waals surface area (Å²) in [6.45, 7) is 0.462. The van der Waals surface area contributed by atoms with Crippen molar-refractivity contribution in [2.75, 3.05) is 6.26 Å². The highest BCUT2D eigenvalue weighted by Gasteiger charge is 2.48. The quantitative estimate of drug-likeness (QED) is 0.834. The summed E-state index contributed by atoms with van der Waals surface area (Å²) in [5, 5.41) is 11.6.